The maximum absolute atomic E-state index is 6.15. The fraction of sp³-hybridized carbons (Fsp3) is 0.294. The van der Waals surface area contributed by atoms with E-state index in [0.29, 0.717) is 11.8 Å². The first-order chi connectivity index (χ1) is 9.74. The van der Waals surface area contributed by atoms with Crippen molar-refractivity contribution in [3.8, 4) is 0 Å². The van der Waals surface area contributed by atoms with Crippen LogP contribution in [0.5, 0.6) is 0 Å². The number of hydrogen-bond acceptors (Lipinski definition) is 1. The minimum atomic E-state index is 0.489. The summed E-state index contributed by atoms with van der Waals surface area (Å²) >= 11 is 9.66. The normalized spacial score (nSPS) is 22.7. The summed E-state index contributed by atoms with van der Waals surface area (Å²) in [6, 6.07) is 17.0. The third-order valence-electron chi connectivity index (χ3n) is 4.06. The van der Waals surface area contributed by atoms with Crippen LogP contribution in [0.1, 0.15) is 29.4 Å². The monoisotopic (exact) mass is 349 g/mol. The zero-order chi connectivity index (χ0) is 13.9. The Balaban J connectivity index is 1.93. The Morgan fingerprint density at radius 3 is 2.55 bits per heavy atom. The minimum Gasteiger partial charge on any atom is -0.316 e. The number of hydrogen-bond donors (Lipinski definition) is 1. The van der Waals surface area contributed by atoms with E-state index in [1.807, 2.05) is 12.1 Å². The quantitative estimate of drug-likeness (QED) is 0.807. The van der Waals surface area contributed by atoms with Gasteiger partial charge in [0.15, 0.2) is 0 Å². The van der Waals surface area contributed by atoms with E-state index < -0.39 is 0 Å². The van der Waals surface area contributed by atoms with Crippen LogP contribution in [0.25, 0.3) is 0 Å². The second-order valence-corrected chi connectivity index (χ2v) is 6.66. The van der Waals surface area contributed by atoms with Crippen molar-refractivity contribution in [3.05, 3.63) is 69.2 Å². The molecule has 0 saturated carbocycles. The summed E-state index contributed by atoms with van der Waals surface area (Å²) in [5.41, 5.74) is 2.75. The van der Waals surface area contributed by atoms with E-state index in [-0.39, 0.29) is 0 Å². The molecule has 3 heteroatoms. The molecule has 1 fully saturated rings. The zero-order valence-corrected chi connectivity index (χ0v) is 13.5. The van der Waals surface area contributed by atoms with Crippen molar-refractivity contribution in [1.29, 1.82) is 0 Å². The molecule has 1 N–H and O–H groups in total. The van der Waals surface area contributed by atoms with Crippen molar-refractivity contribution in [3.63, 3.8) is 0 Å². The van der Waals surface area contributed by atoms with Crippen LogP contribution in [-0.2, 0) is 0 Å². The van der Waals surface area contributed by atoms with Crippen molar-refractivity contribution < 1.29 is 0 Å². The minimum absolute atomic E-state index is 0.489. The van der Waals surface area contributed by atoms with Crippen LogP contribution in [0.2, 0.25) is 5.02 Å². The standard InChI is InChI=1S/C17H17BrClN/c18-14-6-4-12(5-7-14)16-8-9-20-11-17(16)13-2-1-3-15(19)10-13/h1-7,10,16-17,20H,8-9,11H2. The molecule has 2 atom stereocenters. The first-order valence-corrected chi connectivity index (χ1v) is 8.13. The summed E-state index contributed by atoms with van der Waals surface area (Å²) < 4.78 is 1.13. The van der Waals surface area contributed by atoms with Crippen molar-refractivity contribution in [2.24, 2.45) is 0 Å². The molecule has 1 aliphatic heterocycles. The van der Waals surface area contributed by atoms with Gasteiger partial charge in [-0.05, 0) is 54.3 Å². The predicted octanol–water partition coefficient (Wildman–Crippen LogP) is 4.96. The van der Waals surface area contributed by atoms with Crippen LogP contribution < -0.4 is 5.32 Å². The van der Waals surface area contributed by atoms with E-state index in [0.717, 1.165) is 22.6 Å². The van der Waals surface area contributed by atoms with Gasteiger partial charge in [0.2, 0.25) is 0 Å². The molecule has 2 aromatic carbocycles. The molecule has 1 nitrogen and oxygen atoms in total. The van der Waals surface area contributed by atoms with Crippen molar-refractivity contribution >= 4 is 27.5 Å². The summed E-state index contributed by atoms with van der Waals surface area (Å²) in [6.07, 6.45) is 1.17. The van der Waals surface area contributed by atoms with Crippen molar-refractivity contribution in [2.75, 3.05) is 13.1 Å². The van der Waals surface area contributed by atoms with Crippen LogP contribution >= 0.6 is 27.5 Å². The molecule has 20 heavy (non-hydrogen) atoms. The highest BCUT2D eigenvalue weighted by molar-refractivity contribution is 9.10. The number of nitrogens with one attached hydrogen (secondary N) is 1. The first kappa shape index (κ1) is 14.1. The Kier molecular flexibility index (Phi) is 4.45. The lowest BCUT2D eigenvalue weighted by Gasteiger charge is -2.33. The smallest absolute Gasteiger partial charge is 0.0408 e. The van der Waals surface area contributed by atoms with Crippen molar-refractivity contribution in [2.45, 2.75) is 18.3 Å². The van der Waals surface area contributed by atoms with Gasteiger partial charge in [0.05, 0.1) is 0 Å². The van der Waals surface area contributed by atoms with Gasteiger partial charge >= 0.3 is 0 Å². The molecule has 1 aliphatic rings. The fourth-order valence-electron chi connectivity index (χ4n) is 3.05. The van der Waals surface area contributed by atoms with E-state index >= 15 is 0 Å². The van der Waals surface area contributed by atoms with Gasteiger partial charge in [0, 0.05) is 22.0 Å². The topological polar surface area (TPSA) is 12.0 Å². The number of benzene rings is 2. The summed E-state index contributed by atoms with van der Waals surface area (Å²) in [6.45, 7) is 2.10. The number of halogens is 2. The lowest BCUT2D eigenvalue weighted by Crippen LogP contribution is -2.34. The van der Waals surface area contributed by atoms with Gasteiger partial charge in [-0.15, -0.1) is 0 Å². The number of rotatable bonds is 2. The van der Waals surface area contributed by atoms with Gasteiger partial charge in [0.1, 0.15) is 0 Å². The average Bonchev–Trinajstić information content (AvgIpc) is 2.48. The molecule has 1 saturated heterocycles. The number of piperidine rings is 1. The third-order valence-corrected chi connectivity index (χ3v) is 4.82. The van der Waals surface area contributed by atoms with Crippen LogP contribution in [0.15, 0.2) is 53.0 Å². The molecule has 0 aliphatic carbocycles. The Hall–Kier alpha value is -0.830. The SMILES string of the molecule is Clc1cccc(C2CNCCC2c2ccc(Br)cc2)c1. The molecule has 0 spiro atoms. The highest BCUT2D eigenvalue weighted by atomic mass is 79.9. The van der Waals surface area contributed by atoms with Gasteiger partial charge in [0.25, 0.3) is 0 Å². The lowest BCUT2D eigenvalue weighted by atomic mass is 9.77. The lowest BCUT2D eigenvalue weighted by molar-refractivity contribution is 0.404. The summed E-state index contributed by atoms with van der Waals surface area (Å²) in [4.78, 5) is 0. The van der Waals surface area contributed by atoms with Gasteiger partial charge < -0.3 is 5.32 Å². The maximum Gasteiger partial charge on any atom is 0.0408 e. The van der Waals surface area contributed by atoms with Gasteiger partial charge in [-0.25, -0.2) is 0 Å². The molecule has 2 unspecified atom stereocenters. The second-order valence-electron chi connectivity index (χ2n) is 5.31. The second kappa shape index (κ2) is 6.30. The Labute approximate surface area is 133 Å². The van der Waals surface area contributed by atoms with E-state index in [1.165, 1.54) is 17.5 Å². The molecule has 0 amide bonds. The van der Waals surface area contributed by atoms with Crippen LogP contribution in [0, 0.1) is 0 Å². The predicted molar refractivity (Wildman–Crippen MR) is 88.6 cm³/mol. The van der Waals surface area contributed by atoms with Crippen molar-refractivity contribution in [1.82, 2.24) is 5.32 Å². The largest absolute Gasteiger partial charge is 0.316 e. The Bertz CT molecular complexity index is 582. The molecule has 0 radical (unpaired) electrons. The highest BCUT2D eigenvalue weighted by Gasteiger charge is 2.27. The average molecular weight is 351 g/mol. The molecule has 0 aromatic heterocycles. The van der Waals surface area contributed by atoms with Crippen LogP contribution in [0.4, 0.5) is 0 Å². The van der Waals surface area contributed by atoms with E-state index in [4.69, 9.17) is 11.6 Å². The van der Waals surface area contributed by atoms with E-state index in [9.17, 15) is 0 Å². The molecule has 2 aromatic rings. The van der Waals surface area contributed by atoms with Crippen LogP contribution in [-0.4, -0.2) is 13.1 Å². The highest BCUT2D eigenvalue weighted by Crippen LogP contribution is 2.38. The van der Waals surface area contributed by atoms with Gasteiger partial charge in [-0.3, -0.25) is 0 Å². The summed E-state index contributed by atoms with van der Waals surface area (Å²) in [5.74, 6) is 1.05. The molecule has 104 valence electrons. The Morgan fingerprint density at radius 1 is 1.00 bits per heavy atom. The third kappa shape index (κ3) is 3.08. The van der Waals surface area contributed by atoms with Gasteiger partial charge in [-0.1, -0.05) is 51.8 Å². The summed E-state index contributed by atoms with van der Waals surface area (Å²) in [7, 11) is 0. The fourth-order valence-corrected chi connectivity index (χ4v) is 3.52. The molecular weight excluding hydrogens is 334 g/mol. The molecular formula is C17H17BrClN. The molecule has 0 bridgehead atoms. The zero-order valence-electron chi connectivity index (χ0n) is 11.2. The van der Waals surface area contributed by atoms with Crippen LogP contribution in [0.3, 0.4) is 0 Å². The first-order valence-electron chi connectivity index (χ1n) is 6.95. The molecule has 3 rings (SSSR count). The Morgan fingerprint density at radius 2 is 1.80 bits per heavy atom. The van der Waals surface area contributed by atoms with E-state index in [1.54, 1.807) is 0 Å². The maximum atomic E-state index is 6.15. The van der Waals surface area contributed by atoms with E-state index in [2.05, 4.69) is 57.6 Å². The molecule has 1 heterocycles. The summed E-state index contributed by atoms with van der Waals surface area (Å²) in [5, 5.41) is 4.33. The van der Waals surface area contributed by atoms with Gasteiger partial charge in [-0.2, -0.15) is 0 Å².